The van der Waals surface area contributed by atoms with Crippen molar-refractivity contribution in [1.29, 1.82) is 0 Å². The number of amides is 2. The average Bonchev–Trinajstić information content (AvgIpc) is 3.23. The lowest BCUT2D eigenvalue weighted by Crippen LogP contribution is -2.40. The minimum Gasteiger partial charge on any atom is -0.371 e. The molecule has 0 spiro atoms. The maximum absolute atomic E-state index is 12.7. The van der Waals surface area contributed by atoms with Gasteiger partial charge < -0.3 is 10.2 Å². The van der Waals surface area contributed by atoms with E-state index in [0.29, 0.717) is 37.6 Å². The van der Waals surface area contributed by atoms with Crippen molar-refractivity contribution in [2.75, 3.05) is 24.5 Å². The maximum atomic E-state index is 12.7. The van der Waals surface area contributed by atoms with Crippen LogP contribution in [0, 0.1) is 5.92 Å². The summed E-state index contributed by atoms with van der Waals surface area (Å²) in [4.78, 5) is 27.2. The van der Waals surface area contributed by atoms with Crippen LogP contribution in [-0.2, 0) is 16.1 Å². The number of hydrogen-bond acceptors (Lipinski definition) is 4. The van der Waals surface area contributed by atoms with Crippen LogP contribution in [0.25, 0.3) is 0 Å². The van der Waals surface area contributed by atoms with Gasteiger partial charge in [0.05, 0.1) is 6.54 Å². The Morgan fingerprint density at radius 1 is 1.13 bits per heavy atom. The van der Waals surface area contributed by atoms with Gasteiger partial charge >= 0.3 is 0 Å². The van der Waals surface area contributed by atoms with Crippen LogP contribution in [0.3, 0.4) is 0 Å². The molecule has 2 amide bonds. The van der Waals surface area contributed by atoms with Crippen LogP contribution in [0.2, 0.25) is 0 Å². The minimum atomic E-state index is -0.165. The van der Waals surface area contributed by atoms with E-state index >= 15 is 0 Å². The van der Waals surface area contributed by atoms with Gasteiger partial charge in [0.2, 0.25) is 5.91 Å². The van der Waals surface area contributed by atoms with Gasteiger partial charge in [0, 0.05) is 42.6 Å². The highest BCUT2D eigenvalue weighted by molar-refractivity contribution is 9.10. The van der Waals surface area contributed by atoms with Crippen LogP contribution < -0.4 is 10.2 Å². The quantitative estimate of drug-likeness (QED) is 0.704. The van der Waals surface area contributed by atoms with Gasteiger partial charge in [-0.15, -0.1) is 0 Å². The second-order valence-electron chi connectivity index (χ2n) is 7.77. The zero-order chi connectivity index (χ0) is 20.9. The number of hydrazone groups is 1. The monoisotopic (exact) mass is 468 g/mol. The van der Waals surface area contributed by atoms with Crippen molar-refractivity contribution in [3.8, 4) is 0 Å². The highest BCUT2D eigenvalue weighted by Gasteiger charge is 2.27. The SMILES string of the molecule is O=C(NCC1CCN(c2cccc(Br)c2)C1)C1=NN(Cc2ccccc2)C(=O)CC1. The highest BCUT2D eigenvalue weighted by atomic mass is 79.9. The maximum Gasteiger partial charge on any atom is 0.267 e. The second kappa shape index (κ2) is 9.43. The molecule has 2 aliphatic rings. The first-order chi connectivity index (χ1) is 14.6. The van der Waals surface area contributed by atoms with Crippen LogP contribution >= 0.6 is 15.9 Å². The van der Waals surface area contributed by atoms with Crippen LogP contribution in [0.15, 0.2) is 64.2 Å². The predicted octanol–water partition coefficient (Wildman–Crippen LogP) is 3.57. The summed E-state index contributed by atoms with van der Waals surface area (Å²) in [5, 5.41) is 8.80. The van der Waals surface area contributed by atoms with Crippen molar-refractivity contribution in [3.63, 3.8) is 0 Å². The Bertz CT molecular complexity index is 947. The molecule has 4 rings (SSSR count). The van der Waals surface area contributed by atoms with E-state index < -0.39 is 0 Å². The zero-order valence-electron chi connectivity index (χ0n) is 16.8. The van der Waals surface area contributed by atoms with Crippen LogP contribution in [0.4, 0.5) is 5.69 Å². The Kier molecular flexibility index (Phi) is 6.47. The van der Waals surface area contributed by atoms with Gasteiger partial charge in [-0.3, -0.25) is 9.59 Å². The molecular formula is C23H25BrN4O2. The van der Waals surface area contributed by atoms with E-state index in [9.17, 15) is 9.59 Å². The first-order valence-corrected chi connectivity index (χ1v) is 11.1. The van der Waals surface area contributed by atoms with Gasteiger partial charge in [-0.1, -0.05) is 52.3 Å². The summed E-state index contributed by atoms with van der Waals surface area (Å²) in [5.74, 6) is 0.191. The summed E-state index contributed by atoms with van der Waals surface area (Å²) >= 11 is 3.52. The number of nitrogens with one attached hydrogen (secondary N) is 1. The van der Waals surface area contributed by atoms with E-state index in [1.54, 1.807) is 0 Å². The number of rotatable bonds is 6. The fourth-order valence-electron chi connectivity index (χ4n) is 3.89. The molecule has 0 radical (unpaired) electrons. The highest BCUT2D eigenvalue weighted by Crippen LogP contribution is 2.26. The molecule has 0 saturated carbocycles. The fraction of sp³-hybridized carbons (Fsp3) is 0.348. The van der Waals surface area contributed by atoms with Crippen LogP contribution in [0.1, 0.15) is 24.8 Å². The molecule has 1 unspecified atom stereocenters. The molecule has 2 aromatic carbocycles. The average molecular weight is 469 g/mol. The summed E-state index contributed by atoms with van der Waals surface area (Å²) in [6, 6.07) is 18.0. The molecule has 1 N–H and O–H groups in total. The molecule has 6 nitrogen and oxygen atoms in total. The standard InChI is InChI=1S/C23H25BrN4O2/c24-19-7-4-8-20(13-19)27-12-11-18(15-27)14-25-23(30)21-9-10-22(29)28(26-21)16-17-5-2-1-3-6-17/h1-8,13,18H,9-12,14-16H2,(H,25,30). The molecule has 2 heterocycles. The normalized spacial score (nSPS) is 19.0. The smallest absolute Gasteiger partial charge is 0.267 e. The molecule has 0 aliphatic carbocycles. The van der Waals surface area contributed by atoms with Crippen molar-refractivity contribution < 1.29 is 9.59 Å². The summed E-state index contributed by atoms with van der Waals surface area (Å²) in [6.45, 7) is 2.91. The number of benzene rings is 2. The number of carbonyl (C=O) groups is 2. The zero-order valence-corrected chi connectivity index (χ0v) is 18.3. The van der Waals surface area contributed by atoms with E-state index in [0.717, 1.165) is 29.5 Å². The van der Waals surface area contributed by atoms with Gasteiger partial charge in [0.25, 0.3) is 5.91 Å². The number of hydrogen-bond donors (Lipinski definition) is 1. The van der Waals surface area contributed by atoms with Crippen LogP contribution in [0.5, 0.6) is 0 Å². The van der Waals surface area contributed by atoms with E-state index in [1.165, 1.54) is 10.7 Å². The number of nitrogens with zero attached hydrogens (tertiary/aromatic N) is 3. The minimum absolute atomic E-state index is 0.0455. The molecule has 30 heavy (non-hydrogen) atoms. The third kappa shape index (κ3) is 5.08. The van der Waals surface area contributed by atoms with E-state index in [-0.39, 0.29) is 11.8 Å². The van der Waals surface area contributed by atoms with Gasteiger partial charge in [-0.05, 0) is 36.1 Å². The summed E-state index contributed by atoms with van der Waals surface area (Å²) < 4.78 is 1.07. The Hall–Kier alpha value is -2.67. The number of carbonyl (C=O) groups excluding carboxylic acids is 2. The fourth-order valence-corrected chi connectivity index (χ4v) is 4.28. The summed E-state index contributed by atoms with van der Waals surface area (Å²) in [5.41, 5.74) is 2.63. The molecule has 1 fully saturated rings. The van der Waals surface area contributed by atoms with Gasteiger partial charge in [-0.2, -0.15) is 5.10 Å². The van der Waals surface area contributed by atoms with E-state index in [1.807, 2.05) is 42.5 Å². The Labute approximate surface area is 185 Å². The summed E-state index contributed by atoms with van der Waals surface area (Å²) in [7, 11) is 0. The molecule has 7 heteroatoms. The topological polar surface area (TPSA) is 65.0 Å². The number of halogens is 1. The van der Waals surface area contributed by atoms with Gasteiger partial charge in [0.15, 0.2) is 0 Å². The van der Waals surface area contributed by atoms with Crippen molar-refractivity contribution >= 4 is 39.1 Å². The van der Waals surface area contributed by atoms with E-state index in [4.69, 9.17) is 0 Å². The first-order valence-electron chi connectivity index (χ1n) is 10.3. The predicted molar refractivity (Wildman–Crippen MR) is 121 cm³/mol. The lowest BCUT2D eigenvalue weighted by atomic mass is 10.1. The first kappa shape index (κ1) is 20.6. The van der Waals surface area contributed by atoms with E-state index in [2.05, 4.69) is 43.4 Å². The third-order valence-electron chi connectivity index (χ3n) is 5.55. The lowest BCUT2D eigenvalue weighted by molar-refractivity contribution is -0.132. The van der Waals surface area contributed by atoms with Crippen LogP contribution in [-0.4, -0.2) is 42.2 Å². The third-order valence-corrected chi connectivity index (χ3v) is 6.05. The van der Waals surface area contributed by atoms with Gasteiger partial charge in [0.1, 0.15) is 5.71 Å². The molecule has 0 aromatic heterocycles. The summed E-state index contributed by atoms with van der Waals surface area (Å²) in [6.07, 6.45) is 1.75. The molecule has 156 valence electrons. The van der Waals surface area contributed by atoms with Crippen molar-refractivity contribution in [2.45, 2.75) is 25.8 Å². The molecule has 2 aromatic rings. The Morgan fingerprint density at radius 3 is 2.77 bits per heavy atom. The second-order valence-corrected chi connectivity index (χ2v) is 8.69. The molecule has 1 saturated heterocycles. The van der Waals surface area contributed by atoms with Crippen molar-refractivity contribution in [1.82, 2.24) is 10.3 Å². The Morgan fingerprint density at radius 2 is 1.97 bits per heavy atom. The molecule has 1 atom stereocenters. The van der Waals surface area contributed by atoms with Crippen molar-refractivity contribution in [3.05, 3.63) is 64.6 Å². The molecule has 0 bridgehead atoms. The molecule has 2 aliphatic heterocycles. The van der Waals surface area contributed by atoms with Crippen molar-refractivity contribution in [2.24, 2.45) is 11.0 Å². The molecular weight excluding hydrogens is 444 g/mol. The lowest BCUT2D eigenvalue weighted by Gasteiger charge is -2.23. The number of anilines is 1. The van der Waals surface area contributed by atoms with Gasteiger partial charge in [-0.25, -0.2) is 5.01 Å². The largest absolute Gasteiger partial charge is 0.371 e. The Balaban J connectivity index is 1.31.